The predicted molar refractivity (Wildman–Crippen MR) is 51.7 cm³/mol. The molecule has 0 spiro atoms. The first-order valence-corrected chi connectivity index (χ1v) is 4.16. The second-order valence-electron chi connectivity index (χ2n) is 2.60. The Morgan fingerprint density at radius 3 is 2.86 bits per heavy atom. The van der Waals surface area contributed by atoms with Crippen molar-refractivity contribution in [3.05, 3.63) is 29.6 Å². The molecule has 14 heavy (non-hydrogen) atoms. The summed E-state index contributed by atoms with van der Waals surface area (Å²) in [5, 5.41) is 0. The molecule has 0 saturated heterocycles. The molecule has 0 radical (unpaired) electrons. The van der Waals surface area contributed by atoms with Gasteiger partial charge >= 0.3 is 0 Å². The molecule has 0 amide bonds. The number of hydrogen-bond donors (Lipinski definition) is 0. The summed E-state index contributed by atoms with van der Waals surface area (Å²) in [6, 6.07) is 4.49. The van der Waals surface area contributed by atoms with Crippen molar-refractivity contribution in [1.82, 2.24) is 0 Å². The van der Waals surface area contributed by atoms with Crippen LogP contribution in [0.3, 0.4) is 0 Å². The molecule has 0 aliphatic carbocycles. The molecule has 0 unspecified atom stereocenters. The summed E-state index contributed by atoms with van der Waals surface area (Å²) in [6.07, 6.45) is 5.20. The van der Waals surface area contributed by atoms with Gasteiger partial charge in [-0.2, -0.15) is 0 Å². The van der Waals surface area contributed by atoms with Crippen molar-refractivity contribution < 1.29 is 13.9 Å². The Bertz CT molecular complexity index is 342. The zero-order valence-electron chi connectivity index (χ0n) is 7.92. The standard InChI is InChI=1S/C11H11FO2/c1-3-9-5-4-6-10(12)11(9)14-8-7-13-2/h1,4-6H,7-8H2,2H3. The maximum Gasteiger partial charge on any atom is 0.170 e. The maximum absolute atomic E-state index is 13.2. The molecule has 3 heteroatoms. The number of terminal acetylenes is 1. The van der Waals surface area contributed by atoms with E-state index in [0.29, 0.717) is 12.2 Å². The van der Waals surface area contributed by atoms with Gasteiger partial charge in [0.2, 0.25) is 0 Å². The maximum atomic E-state index is 13.2. The first kappa shape index (κ1) is 10.6. The Morgan fingerprint density at radius 1 is 1.43 bits per heavy atom. The van der Waals surface area contributed by atoms with Crippen LogP contribution in [0.1, 0.15) is 5.56 Å². The minimum absolute atomic E-state index is 0.118. The van der Waals surface area contributed by atoms with E-state index in [4.69, 9.17) is 15.9 Å². The van der Waals surface area contributed by atoms with E-state index in [9.17, 15) is 4.39 Å². The first-order chi connectivity index (χ1) is 6.79. The number of hydrogen-bond acceptors (Lipinski definition) is 2. The van der Waals surface area contributed by atoms with Gasteiger partial charge in [-0.15, -0.1) is 6.42 Å². The van der Waals surface area contributed by atoms with Crippen molar-refractivity contribution in [2.75, 3.05) is 20.3 Å². The topological polar surface area (TPSA) is 18.5 Å². The third-order valence-electron chi connectivity index (χ3n) is 1.66. The second kappa shape index (κ2) is 5.25. The van der Waals surface area contributed by atoms with Gasteiger partial charge in [0.05, 0.1) is 12.2 Å². The highest BCUT2D eigenvalue weighted by atomic mass is 19.1. The van der Waals surface area contributed by atoms with Gasteiger partial charge in [0, 0.05) is 7.11 Å². The molecular weight excluding hydrogens is 183 g/mol. The largest absolute Gasteiger partial charge is 0.487 e. The summed E-state index contributed by atoms with van der Waals surface area (Å²) in [4.78, 5) is 0. The fourth-order valence-corrected chi connectivity index (χ4v) is 0.996. The fraction of sp³-hybridized carbons (Fsp3) is 0.273. The van der Waals surface area contributed by atoms with E-state index < -0.39 is 5.82 Å². The number of methoxy groups -OCH3 is 1. The van der Waals surface area contributed by atoms with Crippen molar-refractivity contribution in [2.45, 2.75) is 0 Å². The summed E-state index contributed by atoms with van der Waals surface area (Å²) in [5.41, 5.74) is 0.418. The molecule has 2 nitrogen and oxygen atoms in total. The van der Waals surface area contributed by atoms with Crippen LogP contribution in [0.15, 0.2) is 18.2 Å². The summed E-state index contributed by atoms with van der Waals surface area (Å²) in [6.45, 7) is 0.685. The van der Waals surface area contributed by atoms with E-state index in [1.165, 1.54) is 6.07 Å². The van der Waals surface area contributed by atoms with E-state index in [2.05, 4.69) is 5.92 Å². The van der Waals surface area contributed by atoms with Crippen molar-refractivity contribution in [1.29, 1.82) is 0 Å². The lowest BCUT2D eigenvalue weighted by atomic mass is 10.2. The minimum atomic E-state index is -0.448. The number of ether oxygens (including phenoxy) is 2. The van der Waals surface area contributed by atoms with Gasteiger partial charge in [-0.1, -0.05) is 12.0 Å². The van der Waals surface area contributed by atoms with Crippen molar-refractivity contribution in [3.8, 4) is 18.1 Å². The molecular formula is C11H11FO2. The molecule has 0 N–H and O–H groups in total. The van der Waals surface area contributed by atoms with Crippen LogP contribution in [0.25, 0.3) is 0 Å². The molecule has 0 aromatic heterocycles. The molecule has 0 bridgehead atoms. The third kappa shape index (κ3) is 2.48. The Labute approximate surface area is 82.6 Å². The second-order valence-corrected chi connectivity index (χ2v) is 2.60. The van der Waals surface area contributed by atoms with Crippen LogP contribution in [0, 0.1) is 18.2 Å². The Morgan fingerprint density at radius 2 is 2.21 bits per heavy atom. The highest BCUT2D eigenvalue weighted by Crippen LogP contribution is 2.21. The molecule has 0 atom stereocenters. The van der Waals surface area contributed by atoms with Crippen LogP contribution in [0.5, 0.6) is 5.75 Å². The van der Waals surface area contributed by atoms with Crippen LogP contribution >= 0.6 is 0 Å². The van der Waals surface area contributed by atoms with Gasteiger partial charge in [-0.05, 0) is 12.1 Å². The van der Waals surface area contributed by atoms with Gasteiger partial charge in [0.25, 0.3) is 0 Å². The molecule has 1 rings (SSSR count). The quantitative estimate of drug-likeness (QED) is 0.537. The summed E-state index contributed by atoms with van der Waals surface area (Å²) >= 11 is 0. The van der Waals surface area contributed by atoms with Gasteiger partial charge in [-0.25, -0.2) is 4.39 Å². The van der Waals surface area contributed by atoms with Crippen molar-refractivity contribution >= 4 is 0 Å². The van der Waals surface area contributed by atoms with Crippen LogP contribution in [0.4, 0.5) is 4.39 Å². The van der Waals surface area contributed by atoms with Gasteiger partial charge in [0.1, 0.15) is 6.61 Å². The molecule has 74 valence electrons. The average molecular weight is 194 g/mol. The lowest BCUT2D eigenvalue weighted by molar-refractivity contribution is 0.143. The van der Waals surface area contributed by atoms with Crippen LogP contribution in [-0.2, 0) is 4.74 Å². The Balaban J connectivity index is 2.78. The molecule has 1 aromatic rings. The number of benzene rings is 1. The third-order valence-corrected chi connectivity index (χ3v) is 1.66. The smallest absolute Gasteiger partial charge is 0.170 e. The summed E-state index contributed by atoms with van der Waals surface area (Å²) in [5.74, 6) is 2.03. The van der Waals surface area contributed by atoms with E-state index >= 15 is 0 Å². The normalized spacial score (nSPS) is 9.50. The van der Waals surface area contributed by atoms with Gasteiger partial charge in [-0.3, -0.25) is 0 Å². The zero-order valence-corrected chi connectivity index (χ0v) is 7.92. The first-order valence-electron chi connectivity index (χ1n) is 4.16. The van der Waals surface area contributed by atoms with Crippen LogP contribution in [0.2, 0.25) is 0 Å². The summed E-state index contributed by atoms with van der Waals surface area (Å²) < 4.78 is 23.1. The molecule has 0 aliphatic heterocycles. The van der Waals surface area contributed by atoms with Gasteiger partial charge < -0.3 is 9.47 Å². The SMILES string of the molecule is C#Cc1cccc(F)c1OCCOC. The van der Waals surface area contributed by atoms with E-state index in [1.807, 2.05) is 0 Å². The highest BCUT2D eigenvalue weighted by Gasteiger charge is 2.07. The average Bonchev–Trinajstić information content (AvgIpc) is 2.20. The summed E-state index contributed by atoms with van der Waals surface area (Å²) in [7, 11) is 1.55. The van der Waals surface area contributed by atoms with Crippen LogP contribution in [-0.4, -0.2) is 20.3 Å². The monoisotopic (exact) mass is 194 g/mol. The lowest BCUT2D eigenvalue weighted by Gasteiger charge is -2.08. The van der Waals surface area contributed by atoms with E-state index in [1.54, 1.807) is 19.2 Å². The van der Waals surface area contributed by atoms with Gasteiger partial charge in [0.15, 0.2) is 11.6 Å². The predicted octanol–water partition coefficient (Wildman–Crippen LogP) is 1.83. The molecule has 0 fully saturated rings. The molecule has 0 saturated carbocycles. The molecule has 1 aromatic carbocycles. The fourth-order valence-electron chi connectivity index (χ4n) is 0.996. The van der Waals surface area contributed by atoms with E-state index in [-0.39, 0.29) is 12.4 Å². The zero-order chi connectivity index (χ0) is 10.4. The van der Waals surface area contributed by atoms with Crippen molar-refractivity contribution in [3.63, 3.8) is 0 Å². The number of rotatable bonds is 4. The lowest BCUT2D eigenvalue weighted by Crippen LogP contribution is -2.06. The number of halogens is 1. The Kier molecular flexibility index (Phi) is 3.96. The highest BCUT2D eigenvalue weighted by molar-refractivity contribution is 5.45. The van der Waals surface area contributed by atoms with Crippen LogP contribution < -0.4 is 4.74 Å². The number of para-hydroxylation sites is 1. The molecule has 0 heterocycles. The minimum Gasteiger partial charge on any atom is -0.487 e. The molecule has 0 aliphatic rings. The van der Waals surface area contributed by atoms with Crippen molar-refractivity contribution in [2.24, 2.45) is 0 Å². The van der Waals surface area contributed by atoms with E-state index in [0.717, 1.165) is 0 Å². The Hall–Kier alpha value is -1.53.